The lowest BCUT2D eigenvalue weighted by Gasteiger charge is -2.17. The van der Waals surface area contributed by atoms with E-state index in [0.717, 1.165) is 36.9 Å². The number of nitrogens with one attached hydrogen (secondary N) is 1. The minimum atomic E-state index is -3.64. The molecule has 1 N–H and O–H groups in total. The van der Waals surface area contributed by atoms with Gasteiger partial charge in [-0.3, -0.25) is 4.79 Å². The van der Waals surface area contributed by atoms with E-state index in [1.54, 1.807) is 23.5 Å². The minimum absolute atomic E-state index is 0.139. The summed E-state index contributed by atoms with van der Waals surface area (Å²) in [7, 11) is -0.668. The summed E-state index contributed by atoms with van der Waals surface area (Å²) < 4.78 is 26.5. The summed E-state index contributed by atoms with van der Waals surface area (Å²) in [6, 6.07) is 16.3. The Kier molecular flexibility index (Phi) is 5.85. The van der Waals surface area contributed by atoms with E-state index in [-0.39, 0.29) is 10.8 Å². The van der Waals surface area contributed by atoms with Gasteiger partial charge in [0, 0.05) is 25.2 Å². The second-order valence-corrected chi connectivity index (χ2v) is 10.8. The first-order valence-corrected chi connectivity index (χ1v) is 12.3. The predicted molar refractivity (Wildman–Crippen MR) is 130 cm³/mol. The van der Waals surface area contributed by atoms with E-state index in [1.807, 2.05) is 55.6 Å². The van der Waals surface area contributed by atoms with Crippen LogP contribution in [-0.4, -0.2) is 37.7 Å². The number of hydrogen-bond acceptors (Lipinski definition) is 5. The number of benzene rings is 2. The highest BCUT2D eigenvalue weighted by Crippen LogP contribution is 2.30. The van der Waals surface area contributed by atoms with Gasteiger partial charge in [0.15, 0.2) is 0 Å². The molecule has 4 rings (SSSR count). The maximum Gasteiger partial charge on any atom is 0.256 e. The smallest absolute Gasteiger partial charge is 0.256 e. The number of anilines is 1. The Bertz CT molecular complexity index is 1430. The SMILES string of the molecule is Cc1cc(S(=O)(=O)N(C)C)cc(NC(=O)c2cc(-c3cccs3)nc3ccccc23)c1C. The molecule has 0 radical (unpaired) electrons. The molecule has 4 aromatic rings. The average Bonchev–Trinajstić information content (AvgIpc) is 3.30. The Morgan fingerprint density at radius 3 is 2.47 bits per heavy atom. The van der Waals surface area contributed by atoms with Crippen LogP contribution in [0, 0.1) is 13.8 Å². The van der Waals surface area contributed by atoms with Crippen molar-refractivity contribution in [2.45, 2.75) is 18.7 Å². The van der Waals surface area contributed by atoms with Gasteiger partial charge in [-0.05, 0) is 60.7 Å². The lowest BCUT2D eigenvalue weighted by Crippen LogP contribution is -2.23. The van der Waals surface area contributed by atoms with E-state index in [1.165, 1.54) is 20.2 Å². The summed E-state index contributed by atoms with van der Waals surface area (Å²) >= 11 is 1.56. The molecule has 0 atom stereocenters. The molecule has 0 bridgehead atoms. The quantitative estimate of drug-likeness (QED) is 0.446. The Balaban J connectivity index is 1.81. The van der Waals surface area contributed by atoms with Crippen LogP contribution in [0.15, 0.2) is 64.9 Å². The van der Waals surface area contributed by atoms with Gasteiger partial charge in [0.25, 0.3) is 5.91 Å². The zero-order valence-electron chi connectivity index (χ0n) is 18.2. The van der Waals surface area contributed by atoms with Crippen LogP contribution < -0.4 is 5.32 Å². The van der Waals surface area contributed by atoms with Crippen LogP contribution in [0.5, 0.6) is 0 Å². The van der Waals surface area contributed by atoms with Crippen molar-refractivity contribution in [2.24, 2.45) is 0 Å². The van der Waals surface area contributed by atoms with Crippen LogP contribution >= 0.6 is 11.3 Å². The van der Waals surface area contributed by atoms with Crippen LogP contribution in [0.25, 0.3) is 21.5 Å². The first-order valence-electron chi connectivity index (χ1n) is 9.97. The molecule has 32 heavy (non-hydrogen) atoms. The fourth-order valence-electron chi connectivity index (χ4n) is 3.42. The van der Waals surface area contributed by atoms with Gasteiger partial charge in [0.2, 0.25) is 10.0 Å². The second kappa shape index (κ2) is 8.46. The number of rotatable bonds is 5. The number of thiophene rings is 1. The maximum absolute atomic E-state index is 13.4. The van der Waals surface area contributed by atoms with Gasteiger partial charge in [0.05, 0.1) is 26.5 Å². The molecule has 6 nitrogen and oxygen atoms in total. The average molecular weight is 466 g/mol. The van der Waals surface area contributed by atoms with Crippen molar-refractivity contribution in [3.8, 4) is 10.6 Å². The second-order valence-electron chi connectivity index (χ2n) is 7.70. The first kappa shape index (κ1) is 22.1. The molecule has 0 spiro atoms. The number of carbonyl (C=O) groups is 1. The molecule has 2 heterocycles. The van der Waals surface area contributed by atoms with Gasteiger partial charge >= 0.3 is 0 Å². The Morgan fingerprint density at radius 1 is 1.03 bits per heavy atom. The Labute approximate surface area is 191 Å². The number of carbonyl (C=O) groups excluding carboxylic acids is 1. The lowest BCUT2D eigenvalue weighted by molar-refractivity contribution is 0.102. The summed E-state index contributed by atoms with van der Waals surface area (Å²) in [5.74, 6) is -0.316. The number of amides is 1. The molecule has 0 unspecified atom stereocenters. The number of para-hydroxylation sites is 1. The van der Waals surface area contributed by atoms with Gasteiger partial charge < -0.3 is 5.32 Å². The molecule has 0 saturated carbocycles. The molecule has 1 amide bonds. The van der Waals surface area contributed by atoms with E-state index in [9.17, 15) is 13.2 Å². The number of sulfonamides is 1. The summed E-state index contributed by atoms with van der Waals surface area (Å²) in [4.78, 5) is 19.2. The van der Waals surface area contributed by atoms with Gasteiger partial charge in [-0.25, -0.2) is 17.7 Å². The summed E-state index contributed by atoms with van der Waals surface area (Å²) in [5, 5.41) is 5.64. The summed E-state index contributed by atoms with van der Waals surface area (Å²) in [5.41, 5.74) is 3.99. The third-order valence-corrected chi connectivity index (χ3v) is 8.09. The maximum atomic E-state index is 13.4. The van der Waals surface area contributed by atoms with E-state index < -0.39 is 10.0 Å². The molecule has 8 heteroatoms. The van der Waals surface area contributed by atoms with Gasteiger partial charge in [-0.2, -0.15) is 0 Å². The number of nitrogens with zero attached hydrogens (tertiary/aromatic N) is 2. The number of aryl methyl sites for hydroxylation is 1. The highest BCUT2D eigenvalue weighted by Gasteiger charge is 2.21. The monoisotopic (exact) mass is 465 g/mol. The fraction of sp³-hybridized carbons (Fsp3) is 0.167. The number of hydrogen-bond donors (Lipinski definition) is 1. The molecule has 0 fully saturated rings. The highest BCUT2D eigenvalue weighted by molar-refractivity contribution is 7.89. The van der Waals surface area contributed by atoms with Crippen molar-refractivity contribution in [1.82, 2.24) is 9.29 Å². The van der Waals surface area contributed by atoms with Crippen LogP contribution in [0.4, 0.5) is 5.69 Å². The number of pyridine rings is 1. The van der Waals surface area contributed by atoms with Gasteiger partial charge in [0.1, 0.15) is 0 Å². The molecule has 0 saturated heterocycles. The van der Waals surface area contributed by atoms with Crippen molar-refractivity contribution in [2.75, 3.05) is 19.4 Å². The van der Waals surface area contributed by atoms with E-state index >= 15 is 0 Å². The lowest BCUT2D eigenvalue weighted by atomic mass is 10.0. The molecule has 0 aliphatic carbocycles. The van der Waals surface area contributed by atoms with Crippen molar-refractivity contribution in [3.05, 3.63) is 76.7 Å². The third kappa shape index (κ3) is 4.04. The highest BCUT2D eigenvalue weighted by atomic mass is 32.2. The van der Waals surface area contributed by atoms with Crippen molar-refractivity contribution >= 4 is 43.9 Å². The minimum Gasteiger partial charge on any atom is -0.322 e. The Hall–Kier alpha value is -3.07. The molecule has 2 aromatic heterocycles. The van der Waals surface area contributed by atoms with E-state index in [0.29, 0.717) is 11.3 Å². The largest absolute Gasteiger partial charge is 0.322 e. The molecular weight excluding hydrogens is 442 g/mol. The standard InChI is InChI=1S/C24H23N3O3S2/c1-15-12-17(32(29,30)27(3)4)13-21(16(15)2)26-24(28)19-14-22(23-10-7-11-31-23)25-20-9-6-5-8-18(19)20/h5-14H,1-4H3,(H,26,28). The molecule has 0 aliphatic heterocycles. The number of fused-ring (bicyclic) bond motifs is 1. The predicted octanol–water partition coefficient (Wildman–Crippen LogP) is 5.08. The normalized spacial score (nSPS) is 11.8. The first-order chi connectivity index (χ1) is 15.2. The molecule has 164 valence electrons. The third-order valence-electron chi connectivity index (χ3n) is 5.40. The van der Waals surface area contributed by atoms with Crippen molar-refractivity contribution < 1.29 is 13.2 Å². The van der Waals surface area contributed by atoms with Gasteiger partial charge in [-0.15, -0.1) is 11.3 Å². The molecule has 0 aliphatic rings. The van der Waals surface area contributed by atoms with Gasteiger partial charge in [-0.1, -0.05) is 24.3 Å². The zero-order chi connectivity index (χ0) is 23.0. The van der Waals surface area contributed by atoms with Crippen LogP contribution in [0.2, 0.25) is 0 Å². The van der Waals surface area contributed by atoms with E-state index in [2.05, 4.69) is 5.32 Å². The Morgan fingerprint density at radius 2 is 1.78 bits per heavy atom. The summed E-state index contributed by atoms with van der Waals surface area (Å²) in [6.45, 7) is 3.69. The summed E-state index contributed by atoms with van der Waals surface area (Å²) in [6.07, 6.45) is 0. The van der Waals surface area contributed by atoms with Crippen LogP contribution in [0.3, 0.4) is 0 Å². The van der Waals surface area contributed by atoms with Crippen LogP contribution in [-0.2, 0) is 10.0 Å². The fourth-order valence-corrected chi connectivity index (χ4v) is 5.12. The number of aromatic nitrogens is 1. The zero-order valence-corrected chi connectivity index (χ0v) is 19.8. The topological polar surface area (TPSA) is 79.4 Å². The van der Waals surface area contributed by atoms with Crippen molar-refractivity contribution in [3.63, 3.8) is 0 Å². The van der Waals surface area contributed by atoms with E-state index in [4.69, 9.17) is 4.98 Å². The molecule has 2 aromatic carbocycles. The van der Waals surface area contributed by atoms with Crippen molar-refractivity contribution in [1.29, 1.82) is 0 Å². The van der Waals surface area contributed by atoms with Crippen LogP contribution in [0.1, 0.15) is 21.5 Å². The molecular formula is C24H23N3O3S2.